The summed E-state index contributed by atoms with van der Waals surface area (Å²) in [6, 6.07) is 19.2. The maximum absolute atomic E-state index is 10.3. The summed E-state index contributed by atoms with van der Waals surface area (Å²) in [6.07, 6.45) is 1.83. The van der Waals surface area contributed by atoms with Gasteiger partial charge in [-0.05, 0) is 11.6 Å². The fourth-order valence-electron chi connectivity index (χ4n) is 1.53. The van der Waals surface area contributed by atoms with E-state index in [0.717, 1.165) is 11.1 Å². The van der Waals surface area contributed by atoms with Crippen LogP contribution in [0, 0.1) is 0 Å². The first-order valence-corrected chi connectivity index (χ1v) is 5.25. The lowest BCUT2D eigenvalue weighted by atomic mass is 10.1. The molecule has 0 fully saturated rings. The van der Waals surface area contributed by atoms with Crippen molar-refractivity contribution in [3.05, 3.63) is 71.8 Å². The summed E-state index contributed by atoms with van der Waals surface area (Å²) in [7, 11) is 0. The molecular weight excluding hydrogens is 212 g/mol. The molecule has 3 nitrogen and oxygen atoms in total. The van der Waals surface area contributed by atoms with E-state index in [4.69, 9.17) is 0 Å². The Balaban J connectivity index is 2.40. The Hall–Kier alpha value is -2.42. The number of hydrogen-bond acceptors (Lipinski definition) is 2. The number of nitrogens with zero attached hydrogens (tertiary/aromatic N) is 2. The average Bonchev–Trinajstić information content (AvgIpc) is 2.40. The average molecular weight is 223 g/mol. The van der Waals surface area contributed by atoms with Gasteiger partial charge in [0.1, 0.15) is 0 Å². The molecule has 0 aliphatic rings. The third-order valence-electron chi connectivity index (χ3n) is 2.32. The zero-order valence-corrected chi connectivity index (χ0v) is 9.15. The smallest absolute Gasteiger partial charge is 0.0969 e. The van der Waals surface area contributed by atoms with Crippen LogP contribution >= 0.6 is 0 Å². The molecule has 1 radical (unpaired) electrons. The molecule has 2 aromatic rings. The third-order valence-corrected chi connectivity index (χ3v) is 2.32. The molecule has 0 saturated heterocycles. The first kappa shape index (κ1) is 11.1. The standard InChI is InChI=1S/C14H11N2O/c17-16-15-14(13-9-5-2-6-10-13)11-12-7-3-1-4-8-12/h1-11H. The SMILES string of the molecule is [O]N=NC(=Cc1ccccc1)c1ccccc1. The van der Waals surface area contributed by atoms with E-state index in [1.807, 2.05) is 66.7 Å². The predicted octanol–water partition coefficient (Wildman–Crippen LogP) is 3.98. The van der Waals surface area contributed by atoms with Crippen LogP contribution in [0.4, 0.5) is 0 Å². The largest absolute Gasteiger partial charge is 0.123 e. The molecule has 0 N–H and O–H groups in total. The number of hydrogen-bond donors (Lipinski definition) is 0. The number of benzene rings is 2. The molecule has 0 spiro atoms. The van der Waals surface area contributed by atoms with Gasteiger partial charge in [0.25, 0.3) is 0 Å². The van der Waals surface area contributed by atoms with E-state index in [2.05, 4.69) is 10.4 Å². The van der Waals surface area contributed by atoms with E-state index < -0.39 is 0 Å². The van der Waals surface area contributed by atoms with Crippen molar-refractivity contribution in [1.29, 1.82) is 0 Å². The molecule has 0 saturated carbocycles. The van der Waals surface area contributed by atoms with Crippen molar-refractivity contribution < 1.29 is 5.21 Å². The zero-order valence-electron chi connectivity index (χ0n) is 9.15. The summed E-state index contributed by atoms with van der Waals surface area (Å²) in [5.41, 5.74) is 2.42. The second kappa shape index (κ2) is 5.61. The Morgan fingerprint density at radius 3 is 2.06 bits per heavy atom. The Labute approximate surface area is 99.7 Å². The van der Waals surface area contributed by atoms with E-state index in [1.165, 1.54) is 0 Å². The maximum atomic E-state index is 10.3. The van der Waals surface area contributed by atoms with Gasteiger partial charge < -0.3 is 0 Å². The third kappa shape index (κ3) is 3.01. The summed E-state index contributed by atoms with van der Waals surface area (Å²) in [5.74, 6) is 0. The molecule has 0 bridgehead atoms. The maximum Gasteiger partial charge on any atom is 0.0969 e. The van der Waals surface area contributed by atoms with Crippen molar-refractivity contribution in [3.63, 3.8) is 0 Å². The zero-order chi connectivity index (χ0) is 11.9. The molecular formula is C14H11N2O. The topological polar surface area (TPSA) is 44.6 Å². The van der Waals surface area contributed by atoms with Crippen LogP contribution in [0.15, 0.2) is 71.1 Å². The summed E-state index contributed by atoms with van der Waals surface area (Å²) in [4.78, 5) is 0. The van der Waals surface area contributed by atoms with Crippen molar-refractivity contribution in [2.24, 2.45) is 10.4 Å². The van der Waals surface area contributed by atoms with Gasteiger partial charge in [0, 0.05) is 5.56 Å². The van der Waals surface area contributed by atoms with Gasteiger partial charge in [-0.25, -0.2) is 0 Å². The van der Waals surface area contributed by atoms with Crippen LogP contribution in [-0.2, 0) is 5.21 Å². The van der Waals surface area contributed by atoms with Crippen LogP contribution in [-0.4, -0.2) is 0 Å². The molecule has 83 valence electrons. The second-order valence-electron chi connectivity index (χ2n) is 3.49. The molecule has 0 aromatic heterocycles. The van der Waals surface area contributed by atoms with Crippen LogP contribution in [0.2, 0.25) is 0 Å². The first-order valence-electron chi connectivity index (χ1n) is 5.25. The van der Waals surface area contributed by atoms with Gasteiger partial charge in [0.15, 0.2) is 0 Å². The quantitative estimate of drug-likeness (QED) is 0.429. The highest BCUT2D eigenvalue weighted by molar-refractivity contribution is 5.80. The molecule has 17 heavy (non-hydrogen) atoms. The Morgan fingerprint density at radius 2 is 1.47 bits per heavy atom. The van der Waals surface area contributed by atoms with Gasteiger partial charge in [-0.1, -0.05) is 60.7 Å². The van der Waals surface area contributed by atoms with Crippen molar-refractivity contribution in [1.82, 2.24) is 0 Å². The Kier molecular flexibility index (Phi) is 3.65. The molecule has 0 atom stereocenters. The minimum absolute atomic E-state index is 0.562. The molecule has 0 aliphatic heterocycles. The normalized spacial score (nSPS) is 11.9. The van der Waals surface area contributed by atoms with E-state index in [1.54, 1.807) is 0 Å². The summed E-state index contributed by atoms with van der Waals surface area (Å²) in [5, 5.41) is 16.6. The van der Waals surface area contributed by atoms with Gasteiger partial charge in [0.05, 0.1) is 11.0 Å². The molecule has 2 aromatic carbocycles. The summed E-state index contributed by atoms with van der Waals surface area (Å²) in [6.45, 7) is 0. The van der Waals surface area contributed by atoms with Crippen molar-refractivity contribution in [2.45, 2.75) is 0 Å². The molecule has 3 heteroatoms. The first-order chi connectivity index (χ1) is 8.40. The van der Waals surface area contributed by atoms with Crippen LogP contribution in [0.3, 0.4) is 0 Å². The van der Waals surface area contributed by atoms with Crippen molar-refractivity contribution in [3.8, 4) is 0 Å². The molecule has 0 amide bonds. The minimum atomic E-state index is 0.562. The van der Waals surface area contributed by atoms with E-state index in [0.29, 0.717) is 5.70 Å². The van der Waals surface area contributed by atoms with Crippen LogP contribution < -0.4 is 0 Å². The van der Waals surface area contributed by atoms with Crippen molar-refractivity contribution >= 4 is 11.8 Å². The van der Waals surface area contributed by atoms with E-state index in [9.17, 15) is 5.21 Å². The minimum Gasteiger partial charge on any atom is -0.123 e. The molecule has 0 aliphatic carbocycles. The highest BCUT2D eigenvalue weighted by Crippen LogP contribution is 2.19. The van der Waals surface area contributed by atoms with Gasteiger partial charge >= 0.3 is 0 Å². The van der Waals surface area contributed by atoms with Gasteiger partial charge in [0.2, 0.25) is 0 Å². The lowest BCUT2D eigenvalue weighted by molar-refractivity contribution is 0.184. The lowest BCUT2D eigenvalue weighted by Crippen LogP contribution is -1.80. The van der Waals surface area contributed by atoms with E-state index >= 15 is 0 Å². The van der Waals surface area contributed by atoms with Crippen LogP contribution in [0.1, 0.15) is 11.1 Å². The van der Waals surface area contributed by atoms with Gasteiger partial charge in [-0.2, -0.15) is 0 Å². The Morgan fingerprint density at radius 1 is 0.882 bits per heavy atom. The highest BCUT2D eigenvalue weighted by Gasteiger charge is 2.00. The summed E-state index contributed by atoms with van der Waals surface area (Å²) >= 11 is 0. The van der Waals surface area contributed by atoms with E-state index in [-0.39, 0.29) is 0 Å². The van der Waals surface area contributed by atoms with Crippen molar-refractivity contribution in [2.75, 3.05) is 0 Å². The van der Waals surface area contributed by atoms with Crippen LogP contribution in [0.25, 0.3) is 11.8 Å². The predicted molar refractivity (Wildman–Crippen MR) is 66.3 cm³/mol. The van der Waals surface area contributed by atoms with Crippen LogP contribution in [0.5, 0.6) is 0 Å². The fraction of sp³-hybridized carbons (Fsp3) is 0. The fourth-order valence-corrected chi connectivity index (χ4v) is 1.53. The molecule has 2 rings (SSSR count). The monoisotopic (exact) mass is 223 g/mol. The molecule has 0 unspecified atom stereocenters. The summed E-state index contributed by atoms with van der Waals surface area (Å²) < 4.78 is 0. The highest BCUT2D eigenvalue weighted by atomic mass is 16.5. The second-order valence-corrected chi connectivity index (χ2v) is 3.49. The van der Waals surface area contributed by atoms with Gasteiger partial charge in [-0.3, -0.25) is 0 Å². The lowest BCUT2D eigenvalue weighted by Gasteiger charge is -2.00. The Bertz CT molecular complexity index is 518. The molecule has 0 heterocycles. The van der Waals surface area contributed by atoms with Gasteiger partial charge in [-0.15, -0.1) is 10.3 Å². The number of rotatable bonds is 3.